The van der Waals surface area contributed by atoms with Gasteiger partial charge in [0.25, 0.3) is 0 Å². The van der Waals surface area contributed by atoms with Crippen LogP contribution in [0, 0.1) is 5.41 Å². The van der Waals surface area contributed by atoms with Gasteiger partial charge in [0, 0.05) is 19.1 Å². The van der Waals surface area contributed by atoms with Crippen molar-refractivity contribution in [3.63, 3.8) is 0 Å². The quantitative estimate of drug-likeness (QED) is 0.658. The number of hydrogen-bond donors (Lipinski definition) is 1. The van der Waals surface area contributed by atoms with Crippen molar-refractivity contribution in [2.75, 3.05) is 20.2 Å². The van der Waals surface area contributed by atoms with Gasteiger partial charge in [-0.1, -0.05) is 31.4 Å². The van der Waals surface area contributed by atoms with E-state index in [9.17, 15) is 14.4 Å². The number of nitrogens with one attached hydrogen (secondary N) is 1. The topological polar surface area (TPSA) is 84.9 Å². The van der Waals surface area contributed by atoms with Crippen LogP contribution in [0.3, 0.4) is 0 Å². The van der Waals surface area contributed by atoms with Crippen LogP contribution in [0.2, 0.25) is 0 Å². The maximum absolute atomic E-state index is 13.6. The zero-order chi connectivity index (χ0) is 24.1. The summed E-state index contributed by atoms with van der Waals surface area (Å²) in [5.41, 5.74) is 0.336. The second kappa shape index (κ2) is 10.6. The number of methoxy groups -OCH3 is 1. The maximum atomic E-state index is 13.6. The Kier molecular flexibility index (Phi) is 8.03. The van der Waals surface area contributed by atoms with E-state index < -0.39 is 11.0 Å². The summed E-state index contributed by atoms with van der Waals surface area (Å²) in [6, 6.07) is 7.49. The van der Waals surface area contributed by atoms with Gasteiger partial charge in [0.15, 0.2) is 0 Å². The van der Waals surface area contributed by atoms with Gasteiger partial charge in [-0.2, -0.15) is 0 Å². The highest BCUT2D eigenvalue weighted by Gasteiger charge is 2.43. The summed E-state index contributed by atoms with van der Waals surface area (Å²) in [6.45, 7) is 6.53. The summed E-state index contributed by atoms with van der Waals surface area (Å²) < 4.78 is 10.3. The molecular weight excluding hydrogens is 420 g/mol. The number of benzene rings is 1. The minimum atomic E-state index is -0.595. The molecule has 2 aliphatic rings. The monoisotopic (exact) mass is 458 g/mol. The number of rotatable bonds is 5. The molecule has 0 atom stereocenters. The Hall–Kier alpha value is -2.57. The molecule has 182 valence electrons. The lowest BCUT2D eigenvalue weighted by Gasteiger charge is -2.42. The van der Waals surface area contributed by atoms with E-state index in [1.807, 2.05) is 32.9 Å². The van der Waals surface area contributed by atoms with Crippen molar-refractivity contribution in [1.29, 1.82) is 0 Å². The highest BCUT2D eigenvalue weighted by molar-refractivity contribution is 5.89. The van der Waals surface area contributed by atoms with Crippen LogP contribution in [0.25, 0.3) is 0 Å². The number of ether oxygens (including phenoxy) is 2. The summed E-state index contributed by atoms with van der Waals surface area (Å²) in [6.07, 6.45) is 6.97. The Labute approximate surface area is 197 Å². The molecule has 1 saturated heterocycles. The van der Waals surface area contributed by atoms with Crippen LogP contribution in [0.4, 0.5) is 4.79 Å². The number of nitrogens with zero attached hydrogens (tertiary/aromatic N) is 1. The maximum Gasteiger partial charge on any atom is 0.410 e. The molecule has 7 heteroatoms. The van der Waals surface area contributed by atoms with Crippen molar-refractivity contribution in [3.05, 3.63) is 35.4 Å². The molecule has 3 rings (SSSR count). The first-order valence-electron chi connectivity index (χ1n) is 12.1. The molecule has 0 aromatic heterocycles. The predicted molar refractivity (Wildman–Crippen MR) is 126 cm³/mol. The molecule has 0 bridgehead atoms. The molecule has 7 nitrogen and oxygen atoms in total. The minimum absolute atomic E-state index is 0.0790. The second-order valence-electron chi connectivity index (χ2n) is 10.4. The fraction of sp³-hybridized carbons (Fsp3) is 0.654. The summed E-state index contributed by atoms with van der Waals surface area (Å²) in [4.78, 5) is 39.6. The molecule has 1 N–H and O–H groups in total. The number of piperidine rings is 1. The zero-order valence-electron chi connectivity index (χ0n) is 20.4. The van der Waals surface area contributed by atoms with E-state index in [-0.39, 0.29) is 24.0 Å². The van der Waals surface area contributed by atoms with Gasteiger partial charge in [-0.25, -0.2) is 9.59 Å². The van der Waals surface area contributed by atoms with E-state index >= 15 is 0 Å². The van der Waals surface area contributed by atoms with Crippen LogP contribution >= 0.6 is 0 Å². The summed E-state index contributed by atoms with van der Waals surface area (Å²) in [7, 11) is 1.36. The SMILES string of the molecule is COC(=O)c1ccc(CC2(C(=O)NC3CCCCC3)CCN(C(=O)OC(C)(C)C)CC2)cc1. The normalized spacial score (nSPS) is 19.0. The van der Waals surface area contributed by atoms with E-state index in [1.54, 1.807) is 17.0 Å². The highest BCUT2D eigenvalue weighted by atomic mass is 16.6. The Morgan fingerprint density at radius 3 is 2.18 bits per heavy atom. The van der Waals surface area contributed by atoms with Gasteiger partial charge in [0.2, 0.25) is 5.91 Å². The molecule has 0 radical (unpaired) electrons. The molecule has 0 spiro atoms. The molecule has 2 amide bonds. The van der Waals surface area contributed by atoms with Gasteiger partial charge in [0.05, 0.1) is 18.1 Å². The standard InChI is InChI=1S/C26H38N2O5/c1-25(2,3)33-24(31)28-16-14-26(15-17-28,23(30)27-21-8-6-5-7-9-21)18-19-10-12-20(13-11-19)22(29)32-4/h10-13,21H,5-9,14-18H2,1-4H3,(H,27,30). The van der Waals surface area contributed by atoms with Crippen LogP contribution < -0.4 is 5.32 Å². The lowest BCUT2D eigenvalue weighted by Crippen LogP contribution is -2.53. The largest absolute Gasteiger partial charge is 0.465 e. The molecule has 1 heterocycles. The van der Waals surface area contributed by atoms with Crippen molar-refractivity contribution in [2.24, 2.45) is 5.41 Å². The zero-order valence-corrected chi connectivity index (χ0v) is 20.4. The van der Waals surface area contributed by atoms with Gasteiger partial charge in [-0.05, 0) is 70.6 Å². The van der Waals surface area contributed by atoms with Crippen molar-refractivity contribution in [3.8, 4) is 0 Å². The van der Waals surface area contributed by atoms with Crippen LogP contribution in [-0.2, 0) is 20.7 Å². The fourth-order valence-electron chi connectivity index (χ4n) is 4.78. The van der Waals surface area contributed by atoms with Gasteiger partial charge in [0.1, 0.15) is 5.60 Å². The molecule has 0 unspecified atom stereocenters. The van der Waals surface area contributed by atoms with Crippen LogP contribution in [0.15, 0.2) is 24.3 Å². The van der Waals surface area contributed by atoms with Crippen molar-refractivity contribution >= 4 is 18.0 Å². The van der Waals surface area contributed by atoms with E-state index in [0.29, 0.717) is 37.9 Å². The van der Waals surface area contributed by atoms with E-state index in [2.05, 4.69) is 5.32 Å². The minimum Gasteiger partial charge on any atom is -0.465 e. The Balaban J connectivity index is 1.75. The molecule has 1 aliphatic heterocycles. The van der Waals surface area contributed by atoms with Crippen LogP contribution in [-0.4, -0.2) is 54.7 Å². The number of carbonyl (C=O) groups is 3. The summed E-state index contributed by atoms with van der Waals surface area (Å²) in [5.74, 6) is -0.299. The second-order valence-corrected chi connectivity index (χ2v) is 10.4. The van der Waals surface area contributed by atoms with Crippen molar-refractivity contribution < 1.29 is 23.9 Å². The number of likely N-dealkylation sites (tertiary alicyclic amines) is 1. The highest BCUT2D eigenvalue weighted by Crippen LogP contribution is 2.37. The smallest absolute Gasteiger partial charge is 0.410 e. The molecule has 33 heavy (non-hydrogen) atoms. The van der Waals surface area contributed by atoms with Crippen molar-refractivity contribution in [1.82, 2.24) is 10.2 Å². The lowest BCUT2D eigenvalue weighted by atomic mass is 9.72. The molecule has 1 saturated carbocycles. The third-order valence-corrected chi connectivity index (χ3v) is 6.71. The van der Waals surface area contributed by atoms with E-state index in [0.717, 1.165) is 31.2 Å². The van der Waals surface area contributed by atoms with E-state index in [4.69, 9.17) is 9.47 Å². The van der Waals surface area contributed by atoms with Gasteiger partial charge < -0.3 is 19.7 Å². The number of carbonyl (C=O) groups excluding carboxylic acids is 3. The number of esters is 1. The van der Waals surface area contributed by atoms with Gasteiger partial charge in [-0.3, -0.25) is 4.79 Å². The number of hydrogen-bond acceptors (Lipinski definition) is 5. The third-order valence-electron chi connectivity index (χ3n) is 6.71. The fourth-order valence-corrected chi connectivity index (χ4v) is 4.78. The van der Waals surface area contributed by atoms with Crippen molar-refractivity contribution in [2.45, 2.75) is 83.8 Å². The first-order chi connectivity index (χ1) is 15.6. The number of amides is 2. The van der Waals surface area contributed by atoms with Crippen LogP contribution in [0.1, 0.15) is 81.6 Å². The lowest BCUT2D eigenvalue weighted by molar-refractivity contribution is -0.135. The predicted octanol–water partition coefficient (Wildman–Crippen LogP) is 4.48. The molecule has 2 fully saturated rings. The van der Waals surface area contributed by atoms with Crippen LogP contribution in [0.5, 0.6) is 0 Å². The molecular formula is C26H38N2O5. The summed E-state index contributed by atoms with van der Waals surface area (Å²) in [5, 5.41) is 3.32. The molecule has 1 aromatic rings. The summed E-state index contributed by atoms with van der Waals surface area (Å²) >= 11 is 0. The molecule has 1 aromatic carbocycles. The Morgan fingerprint density at radius 1 is 1.03 bits per heavy atom. The first kappa shape index (κ1) is 25.1. The molecule has 1 aliphatic carbocycles. The van der Waals surface area contributed by atoms with E-state index in [1.165, 1.54) is 13.5 Å². The van der Waals surface area contributed by atoms with Gasteiger partial charge in [-0.15, -0.1) is 0 Å². The van der Waals surface area contributed by atoms with Gasteiger partial charge >= 0.3 is 12.1 Å². The average Bonchev–Trinajstić information content (AvgIpc) is 2.79. The first-order valence-corrected chi connectivity index (χ1v) is 12.1. The third kappa shape index (κ3) is 6.71. The Morgan fingerprint density at radius 2 is 1.64 bits per heavy atom. The Bertz CT molecular complexity index is 829. The average molecular weight is 459 g/mol.